The Bertz CT molecular complexity index is 1250. The van der Waals surface area contributed by atoms with Crippen LogP contribution in [0.5, 0.6) is 0 Å². The minimum atomic E-state index is -0.322. The molecule has 1 saturated carbocycles. The van der Waals surface area contributed by atoms with E-state index >= 15 is 0 Å². The number of nitrogens with zero attached hydrogens (tertiary/aromatic N) is 2. The molecule has 0 saturated heterocycles. The third-order valence-corrected chi connectivity index (χ3v) is 6.78. The van der Waals surface area contributed by atoms with Gasteiger partial charge >= 0.3 is 0 Å². The van der Waals surface area contributed by atoms with E-state index in [2.05, 4.69) is 20.6 Å². The number of carbonyl (C=O) groups is 2. The maximum atomic E-state index is 13.1. The number of aromatic nitrogens is 3. The van der Waals surface area contributed by atoms with Gasteiger partial charge in [-0.1, -0.05) is 19.3 Å². The number of fused-ring (bicyclic) bond motifs is 2. The molecule has 166 valence electrons. The van der Waals surface area contributed by atoms with Crippen LogP contribution in [-0.2, 0) is 29.1 Å². The number of nitrogens with one attached hydrogen (secondary N) is 3. The average Bonchev–Trinajstić information content (AvgIpc) is 3.21. The molecular formula is C24H27N5O3. The third-order valence-electron chi connectivity index (χ3n) is 6.78. The number of anilines is 1. The third kappa shape index (κ3) is 3.92. The molecule has 0 radical (unpaired) electrons. The first-order chi connectivity index (χ1) is 15.5. The second-order valence-corrected chi connectivity index (χ2v) is 9.02. The van der Waals surface area contributed by atoms with Crippen LogP contribution in [0.4, 0.5) is 5.69 Å². The predicted molar refractivity (Wildman–Crippen MR) is 121 cm³/mol. The van der Waals surface area contributed by atoms with Gasteiger partial charge in [0.1, 0.15) is 12.2 Å². The molecule has 0 spiro atoms. The second kappa shape index (κ2) is 8.26. The normalized spacial score (nSPS) is 18.2. The van der Waals surface area contributed by atoms with E-state index in [1.54, 1.807) is 6.20 Å². The van der Waals surface area contributed by atoms with E-state index in [0.29, 0.717) is 23.7 Å². The molecule has 1 aliphatic carbocycles. The van der Waals surface area contributed by atoms with Crippen molar-refractivity contribution in [1.82, 2.24) is 19.9 Å². The molecule has 3 aromatic rings. The second-order valence-electron chi connectivity index (χ2n) is 9.02. The Morgan fingerprint density at radius 3 is 2.91 bits per heavy atom. The molecule has 0 unspecified atom stereocenters. The van der Waals surface area contributed by atoms with Crippen molar-refractivity contribution in [3.63, 3.8) is 0 Å². The molecule has 32 heavy (non-hydrogen) atoms. The van der Waals surface area contributed by atoms with Crippen LogP contribution >= 0.6 is 0 Å². The van der Waals surface area contributed by atoms with E-state index in [1.165, 1.54) is 23.8 Å². The fourth-order valence-electron chi connectivity index (χ4n) is 4.71. The van der Waals surface area contributed by atoms with Gasteiger partial charge in [0.2, 0.25) is 11.8 Å². The fourth-order valence-corrected chi connectivity index (χ4v) is 4.71. The van der Waals surface area contributed by atoms with Crippen LogP contribution in [-0.4, -0.2) is 26.3 Å². The SMILES string of the molecule is Cc1cc2c(c(=O)n1CC(=O)NCc1cc3cc[nH]c3cn1)NC(=O)[C@@H](CC1CCC1)C2. The molecule has 5 rings (SSSR count). The van der Waals surface area contributed by atoms with E-state index in [4.69, 9.17) is 0 Å². The molecule has 3 aromatic heterocycles. The zero-order chi connectivity index (χ0) is 22.2. The van der Waals surface area contributed by atoms with Gasteiger partial charge in [-0.15, -0.1) is 0 Å². The Labute approximate surface area is 185 Å². The van der Waals surface area contributed by atoms with Gasteiger partial charge in [-0.25, -0.2) is 0 Å². The maximum absolute atomic E-state index is 13.1. The van der Waals surface area contributed by atoms with Crippen molar-refractivity contribution in [2.45, 2.75) is 52.1 Å². The summed E-state index contributed by atoms with van der Waals surface area (Å²) in [6, 6.07) is 5.79. The first-order valence-corrected chi connectivity index (χ1v) is 11.2. The predicted octanol–water partition coefficient (Wildman–Crippen LogP) is 2.65. The van der Waals surface area contributed by atoms with Crippen molar-refractivity contribution in [2.24, 2.45) is 11.8 Å². The van der Waals surface area contributed by atoms with Gasteiger partial charge in [0.25, 0.3) is 5.56 Å². The Kier molecular flexibility index (Phi) is 5.28. The molecule has 0 aromatic carbocycles. The van der Waals surface area contributed by atoms with Crippen molar-refractivity contribution in [3.8, 4) is 0 Å². The molecule has 1 atom stereocenters. The lowest BCUT2D eigenvalue weighted by Gasteiger charge is -2.32. The molecule has 2 aliphatic rings. The standard InChI is InChI=1S/C24H27N5O3/c1-14-7-17-9-18(8-15-3-2-4-15)23(31)28-22(17)24(32)29(14)13-21(30)27-11-19-10-16-5-6-25-20(16)12-26-19/h5-7,10,12,15,18,25H,2-4,8-9,11,13H2,1H3,(H,27,30)(H,28,31)/t18-/m0/s1. The summed E-state index contributed by atoms with van der Waals surface area (Å²) < 4.78 is 1.42. The Hall–Kier alpha value is -3.42. The number of hydrogen-bond acceptors (Lipinski definition) is 4. The monoisotopic (exact) mass is 433 g/mol. The molecule has 1 aliphatic heterocycles. The number of amides is 2. The van der Waals surface area contributed by atoms with Crippen molar-refractivity contribution in [3.05, 3.63) is 57.9 Å². The topological polar surface area (TPSA) is 109 Å². The van der Waals surface area contributed by atoms with Gasteiger partial charge in [0.05, 0.1) is 24.0 Å². The molecule has 3 N–H and O–H groups in total. The molecule has 8 heteroatoms. The lowest BCUT2D eigenvalue weighted by Crippen LogP contribution is -2.39. The van der Waals surface area contributed by atoms with Gasteiger partial charge in [0, 0.05) is 23.2 Å². The summed E-state index contributed by atoms with van der Waals surface area (Å²) in [6.45, 7) is 2.00. The Morgan fingerprint density at radius 2 is 2.12 bits per heavy atom. The summed E-state index contributed by atoms with van der Waals surface area (Å²) in [5, 5.41) is 6.68. The van der Waals surface area contributed by atoms with Crippen LogP contribution < -0.4 is 16.2 Å². The zero-order valence-corrected chi connectivity index (χ0v) is 18.1. The fraction of sp³-hybridized carbons (Fsp3) is 0.417. The Balaban J connectivity index is 1.27. The highest BCUT2D eigenvalue weighted by Crippen LogP contribution is 2.35. The van der Waals surface area contributed by atoms with E-state index in [9.17, 15) is 14.4 Å². The number of hydrogen-bond donors (Lipinski definition) is 3. The number of aryl methyl sites for hydroxylation is 1. The zero-order valence-electron chi connectivity index (χ0n) is 18.1. The van der Waals surface area contributed by atoms with Gasteiger partial charge in [-0.2, -0.15) is 0 Å². The first-order valence-electron chi connectivity index (χ1n) is 11.2. The smallest absolute Gasteiger partial charge is 0.275 e. The highest BCUT2D eigenvalue weighted by molar-refractivity contribution is 5.95. The molecule has 4 heterocycles. The largest absolute Gasteiger partial charge is 0.360 e. The Morgan fingerprint density at radius 1 is 1.28 bits per heavy atom. The number of pyridine rings is 2. The van der Waals surface area contributed by atoms with Crippen LogP contribution in [0.3, 0.4) is 0 Å². The van der Waals surface area contributed by atoms with E-state index in [0.717, 1.165) is 28.6 Å². The summed E-state index contributed by atoms with van der Waals surface area (Å²) in [6.07, 6.45) is 8.69. The first kappa shape index (κ1) is 20.5. The lowest BCUT2D eigenvalue weighted by atomic mass is 9.76. The minimum Gasteiger partial charge on any atom is -0.360 e. The number of carbonyl (C=O) groups excluding carboxylic acids is 2. The van der Waals surface area contributed by atoms with E-state index < -0.39 is 0 Å². The van der Waals surface area contributed by atoms with Gasteiger partial charge in [0.15, 0.2) is 0 Å². The highest BCUT2D eigenvalue weighted by atomic mass is 16.2. The summed E-state index contributed by atoms with van der Waals surface area (Å²) >= 11 is 0. The van der Waals surface area contributed by atoms with Crippen LogP contribution in [0.1, 0.15) is 42.6 Å². The highest BCUT2D eigenvalue weighted by Gasteiger charge is 2.32. The van der Waals surface area contributed by atoms with Gasteiger partial charge in [-0.3, -0.25) is 19.4 Å². The molecule has 1 fully saturated rings. The van der Waals surface area contributed by atoms with Crippen molar-refractivity contribution < 1.29 is 9.59 Å². The van der Waals surface area contributed by atoms with Crippen molar-refractivity contribution >= 4 is 28.4 Å². The molecule has 2 amide bonds. The lowest BCUT2D eigenvalue weighted by molar-refractivity contribution is -0.122. The molecule has 8 nitrogen and oxygen atoms in total. The summed E-state index contributed by atoms with van der Waals surface area (Å²) in [5.74, 6) is 0.198. The maximum Gasteiger partial charge on any atom is 0.275 e. The van der Waals surface area contributed by atoms with Gasteiger partial charge in [-0.05, 0) is 49.4 Å². The summed E-state index contributed by atoms with van der Waals surface area (Å²) in [5.41, 5.74) is 3.26. The van der Waals surface area contributed by atoms with Gasteiger partial charge < -0.3 is 20.2 Å². The van der Waals surface area contributed by atoms with Crippen LogP contribution in [0.15, 0.2) is 35.4 Å². The quantitative estimate of drug-likeness (QED) is 0.555. The molecular weight excluding hydrogens is 406 g/mol. The number of rotatable bonds is 6. The van der Waals surface area contributed by atoms with Crippen LogP contribution in [0.25, 0.3) is 10.9 Å². The average molecular weight is 434 g/mol. The summed E-state index contributed by atoms with van der Waals surface area (Å²) in [4.78, 5) is 45.6. The summed E-state index contributed by atoms with van der Waals surface area (Å²) in [7, 11) is 0. The van der Waals surface area contributed by atoms with Crippen molar-refractivity contribution in [1.29, 1.82) is 0 Å². The van der Waals surface area contributed by atoms with Crippen LogP contribution in [0.2, 0.25) is 0 Å². The number of aromatic amines is 1. The molecule has 0 bridgehead atoms. The van der Waals surface area contributed by atoms with E-state index in [-0.39, 0.29) is 36.4 Å². The van der Waals surface area contributed by atoms with Crippen molar-refractivity contribution in [2.75, 3.05) is 5.32 Å². The van der Waals surface area contributed by atoms with Crippen LogP contribution in [0, 0.1) is 18.8 Å². The van der Waals surface area contributed by atoms with E-state index in [1.807, 2.05) is 31.3 Å². The number of H-pyrrole nitrogens is 1. The minimum absolute atomic E-state index is 0.0735.